The lowest BCUT2D eigenvalue weighted by Crippen LogP contribution is -2.32. The summed E-state index contributed by atoms with van der Waals surface area (Å²) in [5, 5.41) is 7.06. The van der Waals surface area contributed by atoms with Crippen LogP contribution in [-0.2, 0) is 9.53 Å². The molecule has 1 aromatic heterocycles. The summed E-state index contributed by atoms with van der Waals surface area (Å²) in [5.74, 6) is -0.218. The summed E-state index contributed by atoms with van der Waals surface area (Å²) in [5.41, 5.74) is 2.58. The molecule has 0 saturated carbocycles. The van der Waals surface area contributed by atoms with Crippen LogP contribution in [0.1, 0.15) is 15.9 Å². The first-order valence-electron chi connectivity index (χ1n) is 13.0. The van der Waals surface area contributed by atoms with Crippen LogP contribution in [0.4, 0.5) is 23.7 Å². The summed E-state index contributed by atoms with van der Waals surface area (Å²) in [6.45, 7) is 1.52. The maximum atomic E-state index is 12.6. The zero-order valence-electron chi connectivity index (χ0n) is 23.6. The Morgan fingerprint density at radius 2 is 1.76 bits per heavy atom. The molecule has 1 aliphatic rings. The van der Waals surface area contributed by atoms with Crippen molar-refractivity contribution in [3.05, 3.63) is 84.2 Å². The molecule has 16 heteroatoms. The number of aromatic nitrogens is 3. The highest BCUT2D eigenvalue weighted by Crippen LogP contribution is 2.30. The molecule has 1 aliphatic heterocycles. The first kappa shape index (κ1) is 31.1. The number of carbonyl (C=O) groups excluding carboxylic acids is 3. The Kier molecular flexibility index (Phi) is 9.03. The number of hydrogen-bond donors (Lipinski definition) is 1. The third kappa shape index (κ3) is 7.59. The fourth-order valence-corrected chi connectivity index (χ4v) is 5.02. The molecule has 1 fully saturated rings. The number of nitrogens with zero attached hydrogens (tertiary/aromatic N) is 5. The molecule has 2 heterocycles. The fraction of sp³-hybridized carbons (Fsp3) is 0.172. The van der Waals surface area contributed by atoms with Crippen molar-refractivity contribution in [1.82, 2.24) is 20.1 Å². The van der Waals surface area contributed by atoms with E-state index in [9.17, 15) is 27.6 Å². The maximum absolute atomic E-state index is 12.6. The van der Waals surface area contributed by atoms with Crippen LogP contribution in [0.5, 0.6) is 11.5 Å². The number of nitrogens with one attached hydrogen (secondary N) is 1. The molecule has 4 aromatic rings. The molecule has 0 spiro atoms. The molecule has 0 radical (unpaired) electrons. The van der Waals surface area contributed by atoms with Crippen molar-refractivity contribution in [1.29, 1.82) is 0 Å². The normalized spacial score (nSPS) is 14.0. The van der Waals surface area contributed by atoms with E-state index in [0.717, 1.165) is 11.8 Å². The lowest BCUT2D eigenvalue weighted by molar-refractivity contribution is -0.274. The second kappa shape index (κ2) is 13.1. The highest BCUT2D eigenvalue weighted by atomic mass is 32.2. The molecule has 0 bridgehead atoms. The van der Waals surface area contributed by atoms with Gasteiger partial charge in [-0.05, 0) is 79.2 Å². The molecule has 0 atom stereocenters. The number of methoxy groups -OCH3 is 1. The number of aryl methyl sites for hydroxylation is 1. The summed E-state index contributed by atoms with van der Waals surface area (Å²) < 4.78 is 52.7. The number of thioether (sulfide) groups is 1. The van der Waals surface area contributed by atoms with E-state index >= 15 is 0 Å². The number of ether oxygens (including phenoxy) is 3. The zero-order chi connectivity index (χ0) is 32.1. The lowest BCUT2D eigenvalue weighted by Gasteiger charge is -2.18. The van der Waals surface area contributed by atoms with Gasteiger partial charge in [-0.15, -0.1) is 18.3 Å². The zero-order valence-corrected chi connectivity index (χ0v) is 24.4. The van der Waals surface area contributed by atoms with Gasteiger partial charge in [0.05, 0.1) is 29.8 Å². The monoisotopic (exact) mass is 640 g/mol. The second-order valence-electron chi connectivity index (χ2n) is 9.25. The smallest absolute Gasteiger partial charge is 0.473 e. The molecule has 0 unspecified atom stereocenters. The number of anilines is 1. The van der Waals surface area contributed by atoms with Crippen LogP contribution in [0.15, 0.2) is 78.0 Å². The molecule has 3 amide bonds. The van der Waals surface area contributed by atoms with Gasteiger partial charge < -0.3 is 19.5 Å². The molecular weight excluding hydrogens is 617 g/mol. The number of aliphatic imine (C=N–C) groups is 1. The molecule has 1 N–H and O–H groups in total. The number of hydrogen-bond acceptors (Lipinski definition) is 9. The number of amidine groups is 1. The summed E-state index contributed by atoms with van der Waals surface area (Å²) in [6, 6.07) is 15.9. The Hall–Kier alpha value is -5.38. The lowest BCUT2D eigenvalue weighted by atomic mass is 10.1. The number of urea groups is 1. The average Bonchev–Trinajstić information content (AvgIpc) is 3.64. The van der Waals surface area contributed by atoms with Crippen molar-refractivity contribution >= 4 is 40.5 Å². The van der Waals surface area contributed by atoms with Gasteiger partial charge in [-0.25, -0.2) is 19.3 Å². The summed E-state index contributed by atoms with van der Waals surface area (Å²) in [7, 11) is 1.28. The van der Waals surface area contributed by atoms with Crippen molar-refractivity contribution in [2.45, 2.75) is 13.3 Å². The summed E-state index contributed by atoms with van der Waals surface area (Å²) in [6.07, 6.45) is -3.36. The van der Waals surface area contributed by atoms with E-state index in [-0.39, 0.29) is 29.3 Å². The van der Waals surface area contributed by atoms with Crippen molar-refractivity contribution in [2.24, 2.45) is 4.99 Å². The number of rotatable bonds is 8. The third-order valence-corrected chi connectivity index (χ3v) is 7.15. The van der Waals surface area contributed by atoms with E-state index < -0.39 is 18.4 Å². The molecule has 0 aliphatic carbocycles. The minimum absolute atomic E-state index is 0.101. The third-order valence-electron chi connectivity index (χ3n) is 6.22. The van der Waals surface area contributed by atoms with Gasteiger partial charge in [0.25, 0.3) is 0 Å². The molecule has 45 heavy (non-hydrogen) atoms. The summed E-state index contributed by atoms with van der Waals surface area (Å²) in [4.78, 5) is 46.5. The fourth-order valence-electron chi connectivity index (χ4n) is 4.16. The van der Waals surface area contributed by atoms with Gasteiger partial charge in [0.1, 0.15) is 17.8 Å². The second-order valence-corrected chi connectivity index (χ2v) is 10.2. The Bertz CT molecular complexity index is 1760. The molecule has 3 aromatic carbocycles. The predicted octanol–water partition coefficient (Wildman–Crippen LogP) is 5.11. The van der Waals surface area contributed by atoms with Gasteiger partial charge in [-0.3, -0.25) is 9.69 Å². The van der Waals surface area contributed by atoms with Crippen LogP contribution in [0.3, 0.4) is 0 Å². The Balaban J connectivity index is 1.16. The highest BCUT2D eigenvalue weighted by Gasteiger charge is 2.32. The minimum atomic E-state index is -4.78. The molecule has 12 nitrogen and oxygen atoms in total. The van der Waals surface area contributed by atoms with Crippen LogP contribution >= 0.6 is 11.8 Å². The standard InChI is InChI=1S/C29H23F3N6O6S/c1-17-13-19(26(40)42-2)5-12-23(17)38-24(39)14-45-28(38)35-27(41)34-16-43-21-8-3-18(4-9-21)25-33-15-37(36-25)20-6-10-22(11-7-20)44-29(30,31)32/h3-13,15H,14,16H2,1-2H3,(H,34,41). The topological polar surface area (TPSA) is 137 Å². The molecule has 5 rings (SSSR count). The van der Waals surface area contributed by atoms with Gasteiger partial charge in [-0.1, -0.05) is 11.8 Å². The van der Waals surface area contributed by atoms with Gasteiger partial charge in [0.2, 0.25) is 5.91 Å². The Morgan fingerprint density at radius 3 is 2.42 bits per heavy atom. The first-order valence-corrected chi connectivity index (χ1v) is 14.0. The predicted molar refractivity (Wildman–Crippen MR) is 157 cm³/mol. The van der Waals surface area contributed by atoms with Gasteiger partial charge in [0.15, 0.2) is 17.7 Å². The number of benzene rings is 3. The van der Waals surface area contributed by atoms with Crippen LogP contribution in [0.25, 0.3) is 17.1 Å². The van der Waals surface area contributed by atoms with Crippen LogP contribution < -0.4 is 19.7 Å². The maximum Gasteiger partial charge on any atom is 0.573 e. The van der Waals surface area contributed by atoms with Crippen molar-refractivity contribution in [2.75, 3.05) is 24.5 Å². The van der Waals surface area contributed by atoms with E-state index in [0.29, 0.717) is 39.6 Å². The first-order chi connectivity index (χ1) is 21.5. The van der Waals surface area contributed by atoms with E-state index in [1.165, 1.54) is 53.4 Å². The van der Waals surface area contributed by atoms with Gasteiger partial charge in [-0.2, -0.15) is 4.99 Å². The molecule has 232 valence electrons. The Labute approximate surface area is 257 Å². The summed E-state index contributed by atoms with van der Waals surface area (Å²) >= 11 is 1.11. The number of alkyl halides is 3. The van der Waals surface area contributed by atoms with E-state index in [1.54, 1.807) is 43.3 Å². The van der Waals surface area contributed by atoms with Crippen molar-refractivity contribution < 1.29 is 41.8 Å². The van der Waals surface area contributed by atoms with Crippen molar-refractivity contribution in [3.8, 4) is 28.6 Å². The largest absolute Gasteiger partial charge is 0.573 e. The molecular formula is C29H23F3N6O6S. The van der Waals surface area contributed by atoms with Gasteiger partial charge >= 0.3 is 18.4 Å². The Morgan fingerprint density at radius 1 is 1.04 bits per heavy atom. The highest BCUT2D eigenvalue weighted by molar-refractivity contribution is 8.15. The van der Waals surface area contributed by atoms with Crippen LogP contribution in [0.2, 0.25) is 0 Å². The SMILES string of the molecule is COC(=O)c1ccc(N2C(=O)CSC2=NC(=O)NCOc2ccc(-c3ncn(-c4ccc(OC(F)(F)F)cc4)n3)cc2)c(C)c1. The number of esters is 1. The van der Waals surface area contributed by atoms with E-state index in [2.05, 4.69) is 25.1 Å². The van der Waals surface area contributed by atoms with E-state index in [1.807, 2.05) is 0 Å². The minimum Gasteiger partial charge on any atom is -0.473 e. The van der Waals surface area contributed by atoms with Crippen molar-refractivity contribution in [3.63, 3.8) is 0 Å². The van der Waals surface area contributed by atoms with E-state index in [4.69, 9.17) is 9.47 Å². The number of carbonyl (C=O) groups is 3. The van der Waals surface area contributed by atoms with Crippen LogP contribution in [-0.4, -0.2) is 63.8 Å². The van der Waals surface area contributed by atoms with Crippen LogP contribution in [0, 0.1) is 6.92 Å². The number of halogens is 3. The average molecular weight is 641 g/mol. The number of amides is 3. The van der Waals surface area contributed by atoms with Gasteiger partial charge in [0, 0.05) is 5.56 Å². The molecule has 1 saturated heterocycles. The quantitative estimate of drug-likeness (QED) is 0.206.